The van der Waals surface area contributed by atoms with Gasteiger partial charge in [0.2, 0.25) is 27.6 Å². The van der Waals surface area contributed by atoms with E-state index in [9.17, 15) is 13.2 Å². The van der Waals surface area contributed by atoms with Crippen molar-refractivity contribution in [1.29, 1.82) is 0 Å². The summed E-state index contributed by atoms with van der Waals surface area (Å²) >= 11 is 0. The molecule has 1 atom stereocenters. The van der Waals surface area contributed by atoms with Gasteiger partial charge in [0.15, 0.2) is 0 Å². The molecule has 1 aromatic heterocycles. The van der Waals surface area contributed by atoms with Gasteiger partial charge in [-0.3, -0.25) is 4.79 Å². The minimum absolute atomic E-state index is 0.118. The van der Waals surface area contributed by atoms with Crippen LogP contribution < -0.4 is 5.32 Å². The summed E-state index contributed by atoms with van der Waals surface area (Å²) in [4.78, 5) is 16.6. The average molecular weight is 378 g/mol. The summed E-state index contributed by atoms with van der Waals surface area (Å²) < 4.78 is 29.9. The fourth-order valence-corrected chi connectivity index (χ4v) is 3.90. The second-order valence-corrected chi connectivity index (χ2v) is 8.54. The van der Waals surface area contributed by atoms with E-state index in [4.69, 9.17) is 4.52 Å². The first-order valence-electron chi connectivity index (χ1n) is 8.45. The van der Waals surface area contributed by atoms with Crippen LogP contribution in [0.4, 0.5) is 0 Å². The SMILES string of the molecule is Cc1cccc(-c2noc(CNC(=O)[C@H]3CCCN(S(C)(=O)=O)C3)n2)c1. The molecule has 0 radical (unpaired) electrons. The van der Waals surface area contributed by atoms with E-state index < -0.39 is 10.0 Å². The number of benzene rings is 1. The van der Waals surface area contributed by atoms with Crippen LogP contribution in [-0.4, -0.2) is 48.1 Å². The van der Waals surface area contributed by atoms with Crippen molar-refractivity contribution in [2.45, 2.75) is 26.3 Å². The Morgan fingerprint density at radius 2 is 2.23 bits per heavy atom. The van der Waals surface area contributed by atoms with Gasteiger partial charge in [-0.2, -0.15) is 4.98 Å². The summed E-state index contributed by atoms with van der Waals surface area (Å²) in [5.74, 6) is 0.218. The normalized spacial score (nSPS) is 18.6. The van der Waals surface area contributed by atoms with E-state index >= 15 is 0 Å². The highest BCUT2D eigenvalue weighted by molar-refractivity contribution is 7.88. The predicted octanol–water partition coefficient (Wildman–Crippen LogP) is 1.33. The average Bonchev–Trinajstić information content (AvgIpc) is 3.08. The third-order valence-corrected chi connectivity index (χ3v) is 5.65. The molecule has 2 aromatic rings. The first-order valence-corrected chi connectivity index (χ1v) is 10.3. The first kappa shape index (κ1) is 18.5. The van der Waals surface area contributed by atoms with Crippen molar-refractivity contribution in [1.82, 2.24) is 19.8 Å². The number of hydrogen-bond acceptors (Lipinski definition) is 6. The Balaban J connectivity index is 1.58. The third-order valence-electron chi connectivity index (χ3n) is 4.38. The summed E-state index contributed by atoms with van der Waals surface area (Å²) in [6, 6.07) is 7.74. The zero-order valence-corrected chi connectivity index (χ0v) is 15.6. The summed E-state index contributed by atoms with van der Waals surface area (Å²) in [5, 5.41) is 6.70. The molecule has 1 amide bonds. The lowest BCUT2D eigenvalue weighted by Gasteiger charge is -2.29. The maximum Gasteiger partial charge on any atom is 0.246 e. The minimum atomic E-state index is -3.28. The summed E-state index contributed by atoms with van der Waals surface area (Å²) in [5.41, 5.74) is 1.94. The fraction of sp³-hybridized carbons (Fsp3) is 0.471. The van der Waals surface area contributed by atoms with Crippen LogP contribution in [0.3, 0.4) is 0 Å². The Morgan fingerprint density at radius 3 is 2.96 bits per heavy atom. The van der Waals surface area contributed by atoms with Gasteiger partial charge in [0.1, 0.15) is 0 Å². The van der Waals surface area contributed by atoms with Gasteiger partial charge >= 0.3 is 0 Å². The maximum absolute atomic E-state index is 12.3. The van der Waals surface area contributed by atoms with E-state index in [1.807, 2.05) is 31.2 Å². The second kappa shape index (κ2) is 7.55. The molecule has 1 aromatic carbocycles. The van der Waals surface area contributed by atoms with Gasteiger partial charge in [0, 0.05) is 18.7 Å². The minimum Gasteiger partial charge on any atom is -0.347 e. The Bertz CT molecular complexity index is 894. The molecule has 0 bridgehead atoms. The number of sulfonamides is 1. The summed E-state index contributed by atoms with van der Waals surface area (Å²) in [6.45, 7) is 2.77. The van der Waals surface area contributed by atoms with Gasteiger partial charge in [0.25, 0.3) is 0 Å². The highest BCUT2D eigenvalue weighted by Gasteiger charge is 2.30. The van der Waals surface area contributed by atoms with Gasteiger partial charge < -0.3 is 9.84 Å². The molecule has 1 N–H and O–H groups in total. The number of nitrogens with zero attached hydrogens (tertiary/aromatic N) is 3. The Kier molecular flexibility index (Phi) is 5.38. The van der Waals surface area contributed by atoms with Crippen LogP contribution in [0, 0.1) is 12.8 Å². The first-order chi connectivity index (χ1) is 12.3. The zero-order chi connectivity index (χ0) is 18.7. The summed E-state index contributed by atoms with van der Waals surface area (Å²) in [6.07, 6.45) is 2.50. The van der Waals surface area contributed by atoms with Gasteiger partial charge in [-0.15, -0.1) is 0 Å². The monoisotopic (exact) mass is 378 g/mol. The molecule has 2 heterocycles. The number of nitrogens with one attached hydrogen (secondary N) is 1. The van der Waals surface area contributed by atoms with Crippen LogP contribution >= 0.6 is 0 Å². The van der Waals surface area contributed by atoms with Gasteiger partial charge in [-0.05, 0) is 25.8 Å². The number of piperidine rings is 1. The number of hydrogen-bond donors (Lipinski definition) is 1. The molecule has 1 aliphatic rings. The molecule has 0 spiro atoms. The van der Waals surface area contributed by atoms with Crippen molar-refractivity contribution in [3.8, 4) is 11.4 Å². The van der Waals surface area contributed by atoms with E-state index in [1.54, 1.807) is 0 Å². The lowest BCUT2D eigenvalue weighted by atomic mass is 9.99. The van der Waals surface area contributed by atoms with E-state index in [-0.39, 0.29) is 24.9 Å². The molecule has 3 rings (SSSR count). The van der Waals surface area contributed by atoms with E-state index in [0.717, 1.165) is 11.1 Å². The zero-order valence-electron chi connectivity index (χ0n) is 14.8. The van der Waals surface area contributed by atoms with Gasteiger partial charge in [-0.25, -0.2) is 12.7 Å². The van der Waals surface area contributed by atoms with Crippen molar-refractivity contribution in [2.24, 2.45) is 5.92 Å². The van der Waals surface area contributed by atoms with E-state index in [0.29, 0.717) is 31.1 Å². The second-order valence-electron chi connectivity index (χ2n) is 6.56. The van der Waals surface area contributed by atoms with Crippen molar-refractivity contribution < 1.29 is 17.7 Å². The Hall–Kier alpha value is -2.26. The molecule has 0 unspecified atom stereocenters. The van der Waals surface area contributed by atoms with Crippen LogP contribution in [0.5, 0.6) is 0 Å². The van der Waals surface area contributed by atoms with Crippen molar-refractivity contribution in [2.75, 3.05) is 19.3 Å². The lowest BCUT2D eigenvalue weighted by molar-refractivity contribution is -0.126. The third kappa shape index (κ3) is 4.47. The lowest BCUT2D eigenvalue weighted by Crippen LogP contribution is -2.44. The van der Waals surface area contributed by atoms with Crippen LogP contribution in [0.25, 0.3) is 11.4 Å². The van der Waals surface area contributed by atoms with Crippen molar-refractivity contribution in [3.05, 3.63) is 35.7 Å². The van der Waals surface area contributed by atoms with Crippen molar-refractivity contribution >= 4 is 15.9 Å². The molecule has 1 fully saturated rings. The Morgan fingerprint density at radius 1 is 1.42 bits per heavy atom. The van der Waals surface area contributed by atoms with E-state index in [1.165, 1.54) is 10.6 Å². The predicted molar refractivity (Wildman–Crippen MR) is 95.5 cm³/mol. The number of amides is 1. The number of carbonyl (C=O) groups excluding carboxylic acids is 1. The summed E-state index contributed by atoms with van der Waals surface area (Å²) in [7, 11) is -3.28. The van der Waals surface area contributed by atoms with Crippen LogP contribution in [0.2, 0.25) is 0 Å². The number of rotatable bonds is 5. The van der Waals surface area contributed by atoms with Crippen LogP contribution in [0.15, 0.2) is 28.8 Å². The standard InChI is InChI=1S/C17H22N4O4S/c1-12-5-3-6-13(9-12)16-19-15(25-20-16)10-18-17(22)14-7-4-8-21(11-14)26(2,23)24/h3,5-6,9,14H,4,7-8,10-11H2,1-2H3,(H,18,22)/t14-/m0/s1. The molecule has 0 aliphatic carbocycles. The molecule has 140 valence electrons. The quantitative estimate of drug-likeness (QED) is 0.841. The Labute approximate surface area is 152 Å². The van der Waals surface area contributed by atoms with Crippen LogP contribution in [0.1, 0.15) is 24.3 Å². The molecular weight excluding hydrogens is 356 g/mol. The number of aryl methyl sites for hydroxylation is 1. The van der Waals surface area contributed by atoms with Crippen molar-refractivity contribution in [3.63, 3.8) is 0 Å². The molecule has 9 heteroatoms. The highest BCUT2D eigenvalue weighted by atomic mass is 32.2. The molecular formula is C17H22N4O4S. The fourth-order valence-electron chi connectivity index (χ4n) is 2.99. The van der Waals surface area contributed by atoms with Crippen LogP contribution in [-0.2, 0) is 21.4 Å². The largest absolute Gasteiger partial charge is 0.347 e. The van der Waals surface area contributed by atoms with Gasteiger partial charge in [-0.1, -0.05) is 28.9 Å². The molecule has 0 saturated carbocycles. The highest BCUT2D eigenvalue weighted by Crippen LogP contribution is 2.19. The smallest absolute Gasteiger partial charge is 0.246 e. The molecule has 8 nitrogen and oxygen atoms in total. The number of aromatic nitrogens is 2. The molecule has 1 aliphatic heterocycles. The van der Waals surface area contributed by atoms with Gasteiger partial charge in [0.05, 0.1) is 18.7 Å². The maximum atomic E-state index is 12.3. The van der Waals surface area contributed by atoms with E-state index in [2.05, 4.69) is 15.5 Å². The number of carbonyl (C=O) groups is 1. The molecule has 26 heavy (non-hydrogen) atoms. The topological polar surface area (TPSA) is 105 Å². The molecule has 1 saturated heterocycles.